The molecule has 0 spiro atoms. The van der Waals surface area contributed by atoms with E-state index in [1.165, 1.54) is 0 Å². The number of alkyl halides is 3. The predicted molar refractivity (Wildman–Crippen MR) is 81.4 cm³/mol. The molecule has 1 aromatic carbocycles. The average Bonchev–Trinajstić information content (AvgIpc) is 2.61. The number of aromatic nitrogens is 1. The number of carbonyl (C=O) groups is 2. The number of hydrogen-bond donors (Lipinski definition) is 1. The Balaban J connectivity index is 2.14. The van der Waals surface area contributed by atoms with Gasteiger partial charge in [0.2, 0.25) is 5.88 Å². The van der Waals surface area contributed by atoms with E-state index in [9.17, 15) is 31.5 Å². The summed E-state index contributed by atoms with van der Waals surface area (Å²) < 4.78 is 72.3. The molecular formula is C16H11F5N2O4. The highest BCUT2D eigenvalue weighted by Crippen LogP contribution is 2.22. The Morgan fingerprint density at radius 2 is 1.85 bits per heavy atom. The number of amides is 1. The van der Waals surface area contributed by atoms with Gasteiger partial charge < -0.3 is 14.8 Å². The van der Waals surface area contributed by atoms with Crippen LogP contribution in [0, 0.1) is 11.6 Å². The number of carbonyl (C=O) groups excluding carboxylic acids is 2. The summed E-state index contributed by atoms with van der Waals surface area (Å²) in [4.78, 5) is 27.0. The Hall–Kier alpha value is -3.24. The van der Waals surface area contributed by atoms with Gasteiger partial charge in [-0.15, -0.1) is 0 Å². The van der Waals surface area contributed by atoms with E-state index < -0.39 is 47.5 Å². The molecule has 1 amide bonds. The largest absolute Gasteiger partial charge is 0.468 e. The van der Waals surface area contributed by atoms with Crippen LogP contribution >= 0.6 is 0 Å². The fraction of sp³-hybridized carbons (Fsp3) is 0.188. The van der Waals surface area contributed by atoms with Gasteiger partial charge in [0.1, 0.15) is 11.6 Å². The third-order valence-electron chi connectivity index (χ3n) is 3.09. The van der Waals surface area contributed by atoms with Gasteiger partial charge in [-0.1, -0.05) is 0 Å². The van der Waals surface area contributed by atoms with E-state index in [1.807, 2.05) is 0 Å². The van der Waals surface area contributed by atoms with Crippen molar-refractivity contribution >= 4 is 17.6 Å². The lowest BCUT2D eigenvalue weighted by molar-refractivity contribution is -0.154. The standard InChI is InChI=1S/C16H11F5N2O4/c1-26-15(25)9-4-12(11(18)5-10(9)17)23-14(24)8-2-3-13(22-6-8)27-7-16(19,20)21/h2-6H,7H2,1H3,(H,23,24). The van der Waals surface area contributed by atoms with Crippen LogP contribution in [0.2, 0.25) is 0 Å². The number of benzene rings is 1. The van der Waals surface area contributed by atoms with Crippen LogP contribution in [0.1, 0.15) is 20.7 Å². The fourth-order valence-electron chi connectivity index (χ4n) is 1.86. The van der Waals surface area contributed by atoms with Gasteiger partial charge >= 0.3 is 12.1 Å². The van der Waals surface area contributed by atoms with Crippen molar-refractivity contribution < 1.29 is 41.0 Å². The molecule has 2 rings (SSSR count). The average molecular weight is 390 g/mol. The summed E-state index contributed by atoms with van der Waals surface area (Å²) in [6, 6.07) is 3.26. The van der Waals surface area contributed by atoms with Gasteiger partial charge in [-0.05, 0) is 12.1 Å². The number of hydrogen-bond acceptors (Lipinski definition) is 5. The first kappa shape index (κ1) is 20.1. The van der Waals surface area contributed by atoms with Crippen LogP contribution in [-0.2, 0) is 4.74 Å². The highest BCUT2D eigenvalue weighted by atomic mass is 19.4. The first-order valence-electron chi connectivity index (χ1n) is 7.15. The van der Waals surface area contributed by atoms with E-state index in [1.54, 1.807) is 0 Å². The van der Waals surface area contributed by atoms with Crippen LogP contribution in [0.3, 0.4) is 0 Å². The molecule has 0 atom stereocenters. The molecule has 0 saturated carbocycles. The van der Waals surface area contributed by atoms with Crippen LogP contribution in [0.5, 0.6) is 5.88 Å². The molecule has 0 aliphatic rings. The lowest BCUT2D eigenvalue weighted by Crippen LogP contribution is -2.20. The molecule has 6 nitrogen and oxygen atoms in total. The van der Waals surface area contributed by atoms with Gasteiger partial charge in [0.15, 0.2) is 6.61 Å². The quantitative estimate of drug-likeness (QED) is 0.626. The minimum atomic E-state index is -4.55. The molecule has 27 heavy (non-hydrogen) atoms. The molecule has 11 heteroatoms. The van der Waals surface area contributed by atoms with Crippen molar-refractivity contribution in [2.45, 2.75) is 6.18 Å². The van der Waals surface area contributed by atoms with Crippen molar-refractivity contribution in [1.29, 1.82) is 0 Å². The number of nitrogens with zero attached hydrogens (tertiary/aromatic N) is 1. The van der Waals surface area contributed by atoms with Crippen molar-refractivity contribution in [3.05, 3.63) is 53.2 Å². The Bertz CT molecular complexity index is 853. The highest BCUT2D eigenvalue weighted by molar-refractivity contribution is 6.04. The Morgan fingerprint density at radius 3 is 2.41 bits per heavy atom. The molecule has 0 bridgehead atoms. The monoisotopic (exact) mass is 390 g/mol. The number of methoxy groups -OCH3 is 1. The van der Waals surface area contributed by atoms with E-state index in [2.05, 4.69) is 19.8 Å². The van der Waals surface area contributed by atoms with E-state index in [0.717, 1.165) is 31.5 Å². The number of rotatable bonds is 5. The maximum Gasteiger partial charge on any atom is 0.422 e. The fourth-order valence-corrected chi connectivity index (χ4v) is 1.86. The minimum Gasteiger partial charge on any atom is -0.468 e. The maximum atomic E-state index is 13.8. The van der Waals surface area contributed by atoms with Crippen molar-refractivity contribution in [2.24, 2.45) is 0 Å². The van der Waals surface area contributed by atoms with Gasteiger partial charge in [0.05, 0.1) is 23.9 Å². The first-order chi connectivity index (χ1) is 12.6. The summed E-state index contributed by atoms with van der Waals surface area (Å²) in [5.41, 5.74) is -1.24. The number of ether oxygens (including phenoxy) is 2. The van der Waals surface area contributed by atoms with Gasteiger partial charge in [0, 0.05) is 18.3 Å². The normalized spacial score (nSPS) is 11.0. The van der Waals surface area contributed by atoms with Gasteiger partial charge in [-0.3, -0.25) is 4.79 Å². The Morgan fingerprint density at radius 1 is 1.15 bits per heavy atom. The molecule has 0 fully saturated rings. The second-order valence-electron chi connectivity index (χ2n) is 5.05. The SMILES string of the molecule is COC(=O)c1cc(NC(=O)c2ccc(OCC(F)(F)F)nc2)c(F)cc1F. The summed E-state index contributed by atoms with van der Waals surface area (Å²) in [5, 5.41) is 2.10. The zero-order chi connectivity index (χ0) is 20.2. The maximum absolute atomic E-state index is 13.8. The van der Waals surface area contributed by atoms with Crippen LogP contribution in [-0.4, -0.2) is 36.8 Å². The lowest BCUT2D eigenvalue weighted by Gasteiger charge is -2.10. The van der Waals surface area contributed by atoms with Crippen molar-refractivity contribution in [3.8, 4) is 5.88 Å². The molecule has 1 aromatic heterocycles. The van der Waals surface area contributed by atoms with Crippen LogP contribution in [0.15, 0.2) is 30.5 Å². The van der Waals surface area contributed by atoms with E-state index in [4.69, 9.17) is 0 Å². The highest BCUT2D eigenvalue weighted by Gasteiger charge is 2.28. The molecule has 2 aromatic rings. The number of anilines is 1. The van der Waals surface area contributed by atoms with Gasteiger partial charge in [-0.25, -0.2) is 18.6 Å². The molecule has 0 saturated heterocycles. The predicted octanol–water partition coefficient (Wildman–Crippen LogP) is 3.34. The second kappa shape index (κ2) is 7.98. The van der Waals surface area contributed by atoms with Crippen LogP contribution in [0.4, 0.5) is 27.6 Å². The number of halogens is 5. The van der Waals surface area contributed by atoms with Crippen LogP contribution in [0.25, 0.3) is 0 Å². The third kappa shape index (κ3) is 5.36. The summed E-state index contributed by atoms with van der Waals surface area (Å²) in [6.45, 7) is -1.55. The molecule has 144 valence electrons. The van der Waals surface area contributed by atoms with E-state index in [0.29, 0.717) is 6.07 Å². The number of nitrogens with one attached hydrogen (secondary N) is 1. The zero-order valence-corrected chi connectivity index (χ0v) is 13.6. The van der Waals surface area contributed by atoms with Crippen LogP contribution < -0.4 is 10.1 Å². The smallest absolute Gasteiger partial charge is 0.422 e. The zero-order valence-electron chi connectivity index (χ0n) is 13.6. The molecule has 0 aliphatic heterocycles. The topological polar surface area (TPSA) is 77.5 Å². The Labute approximate surface area is 148 Å². The van der Waals surface area contributed by atoms with Gasteiger partial charge in [0.25, 0.3) is 5.91 Å². The summed E-state index contributed by atoms with van der Waals surface area (Å²) in [7, 11) is 0.997. The molecule has 0 unspecified atom stereocenters. The summed E-state index contributed by atoms with van der Waals surface area (Å²) >= 11 is 0. The van der Waals surface area contributed by atoms with Crippen molar-refractivity contribution in [1.82, 2.24) is 4.98 Å². The summed E-state index contributed by atoms with van der Waals surface area (Å²) in [6.07, 6.45) is -3.64. The second-order valence-corrected chi connectivity index (χ2v) is 5.05. The first-order valence-corrected chi connectivity index (χ1v) is 7.15. The molecule has 1 heterocycles. The van der Waals surface area contributed by atoms with E-state index in [-0.39, 0.29) is 11.4 Å². The lowest BCUT2D eigenvalue weighted by atomic mass is 10.1. The number of esters is 1. The number of pyridine rings is 1. The minimum absolute atomic E-state index is 0.141. The summed E-state index contributed by atoms with van der Waals surface area (Å²) in [5.74, 6) is -4.66. The van der Waals surface area contributed by atoms with Gasteiger partial charge in [-0.2, -0.15) is 13.2 Å². The Kier molecular flexibility index (Phi) is 5.93. The van der Waals surface area contributed by atoms with Crippen molar-refractivity contribution in [2.75, 3.05) is 19.0 Å². The molecule has 1 N–H and O–H groups in total. The molecular weight excluding hydrogens is 379 g/mol. The molecule has 0 radical (unpaired) electrons. The van der Waals surface area contributed by atoms with E-state index >= 15 is 0 Å². The van der Waals surface area contributed by atoms with Crippen molar-refractivity contribution in [3.63, 3.8) is 0 Å². The third-order valence-corrected chi connectivity index (χ3v) is 3.09. The molecule has 0 aliphatic carbocycles.